The molecule has 0 aromatic rings. The monoisotopic (exact) mass is 273 g/mol. The number of carboxylic acid groups (broad SMARTS) is 1. The molecule has 0 amide bonds. The van der Waals surface area contributed by atoms with Crippen molar-refractivity contribution in [3.05, 3.63) is 0 Å². The SMILES string of the molecule is C[N+](C)(CCBr)CCCC(=O)O.[Cl-]. The molecule has 0 unspecified atom stereocenters. The van der Waals surface area contributed by atoms with Crippen molar-refractivity contribution in [2.24, 2.45) is 0 Å². The minimum atomic E-state index is -0.700. The van der Waals surface area contributed by atoms with E-state index in [1.54, 1.807) is 0 Å². The lowest BCUT2D eigenvalue weighted by molar-refractivity contribution is -0.887. The zero-order valence-electron chi connectivity index (χ0n) is 8.09. The molecule has 0 aromatic carbocycles. The number of hydrogen-bond donors (Lipinski definition) is 1. The summed E-state index contributed by atoms with van der Waals surface area (Å²) in [6.45, 7) is 1.97. The van der Waals surface area contributed by atoms with Crippen molar-refractivity contribution in [1.82, 2.24) is 0 Å². The largest absolute Gasteiger partial charge is 1.00 e. The van der Waals surface area contributed by atoms with Gasteiger partial charge in [0.05, 0.1) is 38.9 Å². The second-order valence-electron chi connectivity index (χ2n) is 3.57. The third-order valence-electron chi connectivity index (χ3n) is 1.84. The van der Waals surface area contributed by atoms with E-state index in [9.17, 15) is 4.79 Å². The molecule has 0 saturated heterocycles. The first-order valence-corrected chi connectivity index (χ1v) is 5.20. The highest BCUT2D eigenvalue weighted by Gasteiger charge is 2.13. The molecule has 0 aliphatic carbocycles. The van der Waals surface area contributed by atoms with Crippen LogP contribution in [0.25, 0.3) is 0 Å². The van der Waals surface area contributed by atoms with Crippen molar-refractivity contribution in [3.8, 4) is 0 Å². The Bertz CT molecular complexity index is 153. The lowest BCUT2D eigenvalue weighted by Crippen LogP contribution is -3.00. The van der Waals surface area contributed by atoms with Gasteiger partial charge in [0.2, 0.25) is 0 Å². The maximum atomic E-state index is 10.2. The Balaban J connectivity index is 0. The van der Waals surface area contributed by atoms with Gasteiger partial charge in [-0.15, -0.1) is 0 Å². The molecule has 0 aliphatic rings. The summed E-state index contributed by atoms with van der Waals surface area (Å²) < 4.78 is 0.887. The van der Waals surface area contributed by atoms with Crippen molar-refractivity contribution in [3.63, 3.8) is 0 Å². The minimum Gasteiger partial charge on any atom is -1.00 e. The fraction of sp³-hybridized carbons (Fsp3) is 0.875. The molecular formula is C8H17BrClNO2. The number of halogens is 2. The van der Waals surface area contributed by atoms with Gasteiger partial charge in [0.25, 0.3) is 0 Å². The summed E-state index contributed by atoms with van der Waals surface area (Å²) in [5.74, 6) is -0.700. The molecule has 0 radical (unpaired) electrons. The normalized spacial score (nSPS) is 10.7. The first-order chi connectivity index (χ1) is 5.48. The lowest BCUT2D eigenvalue weighted by Gasteiger charge is -2.28. The zero-order chi connectivity index (χ0) is 9.61. The fourth-order valence-corrected chi connectivity index (χ4v) is 1.96. The number of quaternary nitrogens is 1. The average Bonchev–Trinajstić information content (AvgIpc) is 1.85. The van der Waals surface area contributed by atoms with Crippen LogP contribution in [-0.4, -0.2) is 48.1 Å². The molecule has 0 rings (SSSR count). The molecule has 13 heavy (non-hydrogen) atoms. The van der Waals surface area contributed by atoms with Crippen LogP contribution in [0, 0.1) is 0 Å². The maximum Gasteiger partial charge on any atom is 0.303 e. The summed E-state index contributed by atoms with van der Waals surface area (Å²) in [6.07, 6.45) is 1.04. The Morgan fingerprint density at radius 2 is 1.92 bits per heavy atom. The predicted octanol–water partition coefficient (Wildman–Crippen LogP) is -1.67. The highest BCUT2D eigenvalue weighted by Crippen LogP contribution is 2.02. The van der Waals surface area contributed by atoms with E-state index in [0.717, 1.165) is 29.3 Å². The van der Waals surface area contributed by atoms with E-state index in [0.29, 0.717) is 0 Å². The van der Waals surface area contributed by atoms with Crippen LogP contribution in [0.3, 0.4) is 0 Å². The molecule has 0 atom stereocenters. The molecule has 0 aromatic heterocycles. The van der Waals surface area contributed by atoms with Crippen LogP contribution in [0.4, 0.5) is 0 Å². The van der Waals surface area contributed by atoms with E-state index in [-0.39, 0.29) is 18.8 Å². The summed E-state index contributed by atoms with van der Waals surface area (Å²) >= 11 is 3.37. The smallest absolute Gasteiger partial charge is 0.303 e. The molecule has 0 aliphatic heterocycles. The van der Waals surface area contributed by atoms with Crippen molar-refractivity contribution >= 4 is 21.9 Å². The maximum absolute atomic E-state index is 10.2. The van der Waals surface area contributed by atoms with Gasteiger partial charge in [0.15, 0.2) is 0 Å². The molecule has 0 bridgehead atoms. The van der Waals surface area contributed by atoms with Crippen LogP contribution in [0.15, 0.2) is 0 Å². The van der Waals surface area contributed by atoms with Gasteiger partial charge in [-0.25, -0.2) is 0 Å². The third-order valence-corrected chi connectivity index (χ3v) is 2.20. The van der Waals surface area contributed by atoms with Gasteiger partial charge in [-0.3, -0.25) is 4.79 Å². The second kappa shape index (κ2) is 7.59. The van der Waals surface area contributed by atoms with Gasteiger partial charge >= 0.3 is 5.97 Å². The van der Waals surface area contributed by atoms with E-state index in [1.165, 1.54) is 0 Å². The Morgan fingerprint density at radius 1 is 1.38 bits per heavy atom. The molecule has 5 heteroatoms. The number of hydrogen-bond acceptors (Lipinski definition) is 1. The quantitative estimate of drug-likeness (QED) is 0.464. The molecule has 0 heterocycles. The highest BCUT2D eigenvalue weighted by atomic mass is 79.9. The Hall–Kier alpha value is 0.200. The molecule has 0 fully saturated rings. The number of rotatable bonds is 6. The van der Waals surface area contributed by atoms with Gasteiger partial charge in [-0.05, 0) is 0 Å². The van der Waals surface area contributed by atoms with Crippen molar-refractivity contribution < 1.29 is 26.8 Å². The Kier molecular flexibility index (Phi) is 9.14. The van der Waals surface area contributed by atoms with E-state index in [4.69, 9.17) is 5.11 Å². The van der Waals surface area contributed by atoms with Crippen molar-refractivity contribution in [1.29, 1.82) is 0 Å². The molecular weight excluding hydrogens is 257 g/mol. The highest BCUT2D eigenvalue weighted by molar-refractivity contribution is 9.09. The average molecular weight is 275 g/mol. The molecule has 0 saturated carbocycles. The predicted molar refractivity (Wildman–Crippen MR) is 52.5 cm³/mol. The van der Waals surface area contributed by atoms with Crippen molar-refractivity contribution in [2.45, 2.75) is 12.8 Å². The second-order valence-corrected chi connectivity index (χ2v) is 4.36. The van der Waals surface area contributed by atoms with Crippen LogP contribution in [0.5, 0.6) is 0 Å². The van der Waals surface area contributed by atoms with Crippen molar-refractivity contribution in [2.75, 3.05) is 32.5 Å². The summed E-state index contributed by atoms with van der Waals surface area (Å²) in [5, 5.41) is 9.39. The number of nitrogens with zero attached hydrogens (tertiary/aromatic N) is 1. The third kappa shape index (κ3) is 10.1. The topological polar surface area (TPSA) is 37.3 Å². The lowest BCUT2D eigenvalue weighted by atomic mass is 10.3. The fourth-order valence-electron chi connectivity index (χ4n) is 0.999. The standard InChI is InChI=1S/C8H16BrNO2.ClH/c1-10(2,7-5-9)6-3-4-8(11)12;/h3-7H2,1-2H3;1H. The number of aliphatic carboxylic acids is 1. The number of carboxylic acids is 1. The van der Waals surface area contributed by atoms with Gasteiger partial charge in [0.1, 0.15) is 0 Å². The van der Waals surface area contributed by atoms with Crippen LogP contribution >= 0.6 is 15.9 Å². The van der Waals surface area contributed by atoms with Gasteiger partial charge in [0, 0.05) is 6.42 Å². The zero-order valence-corrected chi connectivity index (χ0v) is 10.4. The first-order valence-electron chi connectivity index (χ1n) is 4.08. The minimum absolute atomic E-state index is 0. The number of carbonyl (C=O) groups is 1. The van der Waals surface area contributed by atoms with Crippen LogP contribution < -0.4 is 12.4 Å². The summed E-state index contributed by atoms with van der Waals surface area (Å²) in [7, 11) is 4.23. The molecule has 3 nitrogen and oxygen atoms in total. The molecule has 1 N–H and O–H groups in total. The molecule has 80 valence electrons. The Labute approximate surface area is 94.2 Å². The van der Waals surface area contributed by atoms with Crippen LogP contribution in [-0.2, 0) is 4.79 Å². The van der Waals surface area contributed by atoms with Gasteiger partial charge in [-0.1, -0.05) is 15.9 Å². The Morgan fingerprint density at radius 3 is 2.31 bits per heavy atom. The summed E-state index contributed by atoms with van der Waals surface area (Å²) in [5.41, 5.74) is 0. The van der Waals surface area contributed by atoms with Gasteiger partial charge < -0.3 is 22.0 Å². The van der Waals surface area contributed by atoms with E-state index in [1.807, 2.05) is 0 Å². The molecule has 0 spiro atoms. The summed E-state index contributed by atoms with van der Waals surface area (Å²) in [4.78, 5) is 10.2. The first kappa shape index (κ1) is 15.7. The van der Waals surface area contributed by atoms with E-state index in [2.05, 4.69) is 30.0 Å². The van der Waals surface area contributed by atoms with Crippen LogP contribution in [0.1, 0.15) is 12.8 Å². The van der Waals surface area contributed by atoms with Crippen LogP contribution in [0.2, 0.25) is 0 Å². The van der Waals surface area contributed by atoms with E-state index >= 15 is 0 Å². The number of alkyl halides is 1. The van der Waals surface area contributed by atoms with E-state index < -0.39 is 5.97 Å². The van der Waals surface area contributed by atoms with Gasteiger partial charge in [-0.2, -0.15) is 0 Å². The summed E-state index contributed by atoms with van der Waals surface area (Å²) in [6, 6.07) is 0.